The van der Waals surface area contributed by atoms with E-state index in [4.69, 9.17) is 16.3 Å². The zero-order chi connectivity index (χ0) is 19.7. The molecule has 2 amide bonds. The molecule has 0 unspecified atom stereocenters. The topological polar surface area (TPSA) is 49.9 Å². The van der Waals surface area contributed by atoms with Crippen LogP contribution < -0.4 is 14.5 Å². The molecule has 1 saturated heterocycles. The zero-order valence-corrected chi connectivity index (χ0v) is 16.6. The summed E-state index contributed by atoms with van der Waals surface area (Å²) in [6.07, 6.45) is 0. The lowest BCUT2D eigenvalue weighted by Gasteiger charge is -2.40. The summed E-state index contributed by atoms with van der Waals surface area (Å²) >= 11 is 7.48. The minimum atomic E-state index is -0.751. The molecule has 1 aliphatic heterocycles. The summed E-state index contributed by atoms with van der Waals surface area (Å²) < 4.78 is 5.40. The predicted octanol–water partition coefficient (Wildman–Crippen LogP) is 4.53. The number of ether oxygens (including phenoxy) is 1. The smallest absolute Gasteiger partial charge is 0.255 e. The third-order valence-corrected chi connectivity index (χ3v) is 5.61. The van der Waals surface area contributed by atoms with Gasteiger partial charge in [0.15, 0.2) is 0 Å². The first-order valence-corrected chi connectivity index (χ1v) is 9.96. The molecule has 1 atom stereocenters. The van der Waals surface area contributed by atoms with E-state index in [2.05, 4.69) is 0 Å². The van der Waals surface area contributed by atoms with Gasteiger partial charge in [0.1, 0.15) is 18.3 Å². The number of hydrogen-bond donors (Lipinski definition) is 0. The Labute approximate surface area is 171 Å². The Hall–Kier alpha value is -2.83. The summed E-state index contributed by atoms with van der Waals surface area (Å²) in [7, 11) is 1.55. The van der Waals surface area contributed by atoms with Crippen LogP contribution in [-0.2, 0) is 9.59 Å². The van der Waals surface area contributed by atoms with Crippen molar-refractivity contribution in [3.05, 3.63) is 75.9 Å². The standard InChI is InChI=1S/C21H17ClN2O3S/c1-27-18-5-3-2-4-17(18)23-12-19(25)24(16-8-6-15(22)7-9-16)20(21(23)26)14-10-11-28-13-14/h2-11,13,20H,12H2,1H3/t20-/m0/s1. The highest BCUT2D eigenvalue weighted by Gasteiger charge is 2.42. The molecule has 1 aliphatic rings. The van der Waals surface area contributed by atoms with Gasteiger partial charge < -0.3 is 4.74 Å². The first-order chi connectivity index (χ1) is 13.6. The number of anilines is 2. The van der Waals surface area contributed by atoms with Crippen LogP contribution in [0.3, 0.4) is 0 Å². The first kappa shape index (κ1) is 18.5. The number of para-hydroxylation sites is 2. The summed E-state index contributed by atoms with van der Waals surface area (Å²) in [5.41, 5.74) is 2.00. The van der Waals surface area contributed by atoms with Crippen molar-refractivity contribution in [1.82, 2.24) is 0 Å². The van der Waals surface area contributed by atoms with Gasteiger partial charge in [0.25, 0.3) is 5.91 Å². The van der Waals surface area contributed by atoms with Crippen molar-refractivity contribution in [3.63, 3.8) is 0 Å². The van der Waals surface area contributed by atoms with Gasteiger partial charge in [0.05, 0.1) is 12.8 Å². The monoisotopic (exact) mass is 412 g/mol. The average molecular weight is 413 g/mol. The lowest BCUT2D eigenvalue weighted by Crippen LogP contribution is -2.56. The average Bonchev–Trinajstić information content (AvgIpc) is 3.24. The van der Waals surface area contributed by atoms with E-state index in [1.807, 2.05) is 29.0 Å². The third kappa shape index (κ3) is 3.25. The number of thiophene rings is 1. The summed E-state index contributed by atoms with van der Waals surface area (Å²) in [5, 5.41) is 4.36. The maximum Gasteiger partial charge on any atom is 0.255 e. The molecular weight excluding hydrogens is 396 g/mol. The zero-order valence-electron chi connectivity index (χ0n) is 15.0. The van der Waals surface area contributed by atoms with E-state index < -0.39 is 6.04 Å². The quantitative estimate of drug-likeness (QED) is 0.632. The molecule has 1 fully saturated rings. The Morgan fingerprint density at radius 3 is 2.50 bits per heavy atom. The highest BCUT2D eigenvalue weighted by molar-refractivity contribution is 7.08. The highest BCUT2D eigenvalue weighted by atomic mass is 35.5. The Balaban J connectivity index is 1.80. The molecule has 0 radical (unpaired) electrons. The Kier molecular flexibility index (Phi) is 5.07. The molecule has 2 heterocycles. The number of methoxy groups -OCH3 is 1. The highest BCUT2D eigenvalue weighted by Crippen LogP contribution is 2.38. The second-order valence-corrected chi connectivity index (χ2v) is 7.51. The van der Waals surface area contributed by atoms with Crippen LogP contribution >= 0.6 is 22.9 Å². The van der Waals surface area contributed by atoms with E-state index in [0.29, 0.717) is 22.1 Å². The summed E-state index contributed by atoms with van der Waals surface area (Å²) in [6, 6.07) is 15.3. The summed E-state index contributed by atoms with van der Waals surface area (Å²) in [4.78, 5) is 29.8. The number of rotatable bonds is 4. The fourth-order valence-electron chi connectivity index (χ4n) is 3.37. The van der Waals surface area contributed by atoms with Crippen LogP contribution in [0.4, 0.5) is 11.4 Å². The van der Waals surface area contributed by atoms with Crippen LogP contribution in [0.1, 0.15) is 11.6 Å². The molecule has 3 aromatic rings. The van der Waals surface area contributed by atoms with Gasteiger partial charge in [-0.1, -0.05) is 23.7 Å². The molecule has 0 N–H and O–H groups in total. The molecule has 0 saturated carbocycles. The molecule has 5 nitrogen and oxygen atoms in total. The number of carbonyl (C=O) groups is 2. The largest absolute Gasteiger partial charge is 0.495 e. The molecule has 0 spiro atoms. The molecule has 7 heteroatoms. The number of benzene rings is 2. The Morgan fingerprint density at radius 1 is 1.07 bits per heavy atom. The minimum Gasteiger partial charge on any atom is -0.495 e. The Morgan fingerprint density at radius 2 is 1.82 bits per heavy atom. The van der Waals surface area contributed by atoms with E-state index in [0.717, 1.165) is 5.56 Å². The molecule has 142 valence electrons. The molecule has 0 bridgehead atoms. The maximum absolute atomic E-state index is 13.5. The molecule has 2 aromatic carbocycles. The van der Waals surface area contributed by atoms with Crippen molar-refractivity contribution in [2.45, 2.75) is 6.04 Å². The van der Waals surface area contributed by atoms with Gasteiger partial charge in [-0.15, -0.1) is 0 Å². The van der Waals surface area contributed by atoms with E-state index in [1.165, 1.54) is 16.2 Å². The van der Waals surface area contributed by atoms with Crippen molar-refractivity contribution in [3.8, 4) is 5.75 Å². The van der Waals surface area contributed by atoms with Crippen LogP contribution in [0.15, 0.2) is 65.4 Å². The van der Waals surface area contributed by atoms with Crippen LogP contribution in [0.25, 0.3) is 0 Å². The summed E-state index contributed by atoms with van der Waals surface area (Å²) in [5.74, 6) is 0.189. The second kappa shape index (κ2) is 7.66. The van der Waals surface area contributed by atoms with Crippen molar-refractivity contribution in [2.75, 3.05) is 23.5 Å². The van der Waals surface area contributed by atoms with Crippen molar-refractivity contribution >= 4 is 46.1 Å². The molecule has 1 aromatic heterocycles. The SMILES string of the molecule is COc1ccccc1N1CC(=O)N(c2ccc(Cl)cc2)[C@@H](c2ccsc2)C1=O. The second-order valence-electron chi connectivity index (χ2n) is 6.30. The number of carbonyl (C=O) groups excluding carboxylic acids is 2. The van der Waals surface area contributed by atoms with Crippen LogP contribution in [-0.4, -0.2) is 25.5 Å². The van der Waals surface area contributed by atoms with Crippen molar-refractivity contribution in [1.29, 1.82) is 0 Å². The number of piperazine rings is 1. The number of nitrogens with zero attached hydrogens (tertiary/aromatic N) is 2. The van der Waals surface area contributed by atoms with Gasteiger partial charge in [-0.05, 0) is 58.8 Å². The van der Waals surface area contributed by atoms with E-state index in [-0.39, 0.29) is 18.4 Å². The fourth-order valence-corrected chi connectivity index (χ4v) is 4.17. The van der Waals surface area contributed by atoms with Gasteiger partial charge in [-0.3, -0.25) is 19.4 Å². The van der Waals surface area contributed by atoms with Crippen molar-refractivity contribution in [2.24, 2.45) is 0 Å². The van der Waals surface area contributed by atoms with Gasteiger partial charge >= 0.3 is 0 Å². The lowest BCUT2D eigenvalue weighted by molar-refractivity contribution is -0.128. The van der Waals surface area contributed by atoms with Crippen molar-refractivity contribution < 1.29 is 14.3 Å². The van der Waals surface area contributed by atoms with Crippen LogP contribution in [0.5, 0.6) is 5.75 Å². The van der Waals surface area contributed by atoms with Gasteiger partial charge in [-0.2, -0.15) is 11.3 Å². The van der Waals surface area contributed by atoms with Crippen LogP contribution in [0, 0.1) is 0 Å². The maximum atomic E-state index is 13.5. The Bertz CT molecular complexity index is 1000. The van der Waals surface area contributed by atoms with E-state index in [9.17, 15) is 9.59 Å². The van der Waals surface area contributed by atoms with E-state index >= 15 is 0 Å². The predicted molar refractivity (Wildman–Crippen MR) is 111 cm³/mol. The lowest BCUT2D eigenvalue weighted by atomic mass is 10.0. The normalized spacial score (nSPS) is 17.1. The molecule has 0 aliphatic carbocycles. The van der Waals surface area contributed by atoms with Gasteiger partial charge in [0, 0.05) is 10.7 Å². The fraction of sp³-hybridized carbons (Fsp3) is 0.143. The molecular formula is C21H17ClN2O3S. The van der Waals surface area contributed by atoms with Gasteiger partial charge in [0.2, 0.25) is 5.91 Å². The number of halogens is 1. The summed E-state index contributed by atoms with van der Waals surface area (Å²) in [6.45, 7) is -0.0670. The van der Waals surface area contributed by atoms with Crippen LogP contribution in [0.2, 0.25) is 5.02 Å². The number of amides is 2. The minimum absolute atomic E-state index is 0.0670. The number of hydrogen-bond acceptors (Lipinski definition) is 4. The van der Waals surface area contributed by atoms with Gasteiger partial charge in [-0.25, -0.2) is 0 Å². The molecule has 28 heavy (non-hydrogen) atoms. The van der Waals surface area contributed by atoms with E-state index in [1.54, 1.807) is 48.4 Å². The first-order valence-electron chi connectivity index (χ1n) is 8.64. The molecule has 4 rings (SSSR count). The third-order valence-electron chi connectivity index (χ3n) is 4.66.